The van der Waals surface area contributed by atoms with Gasteiger partial charge in [-0.15, -0.1) is 0 Å². The molecule has 9 rings (SSSR count). The van der Waals surface area contributed by atoms with Crippen LogP contribution >= 0.6 is 0 Å². The van der Waals surface area contributed by atoms with Crippen LogP contribution in [0.2, 0.25) is 0 Å². The van der Waals surface area contributed by atoms with Gasteiger partial charge in [0.25, 0.3) is 23.6 Å². The van der Waals surface area contributed by atoms with E-state index in [4.69, 9.17) is 37.9 Å². The number of ketones is 3. The van der Waals surface area contributed by atoms with E-state index >= 15 is 0 Å². The molecule has 38 heteroatoms. The zero-order valence-electron chi connectivity index (χ0n) is 71.6. The Morgan fingerprint density at radius 3 is 1.96 bits per heavy atom. The van der Waals surface area contributed by atoms with Gasteiger partial charge in [-0.3, -0.25) is 62.3 Å². The van der Waals surface area contributed by atoms with Crippen LogP contribution in [0.3, 0.4) is 0 Å². The number of rotatable bonds is 24. The summed E-state index contributed by atoms with van der Waals surface area (Å²) in [5, 5.41) is 30.3. The minimum Gasteiger partial charge on any atom is -0.493 e. The normalized spacial score (nSPS) is 21.8. The maximum atomic E-state index is 14.6. The van der Waals surface area contributed by atoms with Crippen LogP contribution in [0.4, 0.5) is 21.9 Å². The molecular formula is C86H116N12O25S. The molecule has 124 heavy (non-hydrogen) atoms. The van der Waals surface area contributed by atoms with Crippen molar-refractivity contribution in [1.29, 1.82) is 0 Å². The number of ether oxygens (including phenoxy) is 8. The van der Waals surface area contributed by atoms with Crippen LogP contribution in [0, 0.1) is 30.6 Å². The van der Waals surface area contributed by atoms with Crippen molar-refractivity contribution in [3.63, 3.8) is 0 Å². The molecule has 1 unspecified atom stereocenters. The Kier molecular flexibility index (Phi) is 39.1. The number of anilines is 3. The number of nitrogens with zero attached hydrogens (tertiary/aromatic N) is 4. The number of aliphatic hydroxyl groups is 1. The molecule has 6 bridgehead atoms. The third-order valence-electron chi connectivity index (χ3n) is 21.0. The van der Waals surface area contributed by atoms with Crippen LogP contribution in [0.1, 0.15) is 156 Å². The molecule has 37 nitrogen and oxygen atoms in total. The minimum absolute atomic E-state index is 0.00625. The monoisotopic (exact) mass is 1750 g/mol. The molecule has 0 spiro atoms. The summed E-state index contributed by atoms with van der Waals surface area (Å²) in [5.74, 6) is -6.69. The van der Waals surface area contributed by atoms with Crippen LogP contribution in [0.5, 0.6) is 17.2 Å². The van der Waals surface area contributed by atoms with Crippen molar-refractivity contribution in [2.45, 2.75) is 168 Å². The van der Waals surface area contributed by atoms with Crippen LogP contribution < -0.4 is 66.0 Å². The Hall–Kier alpha value is -11.2. The predicted octanol–water partition coefficient (Wildman–Crippen LogP) is 3.29. The standard InChI is InChI=1S/C86H116N12O25S/c1-54-39-61-51-96-68-45-72(56(3)42-64(68)83(110)95(61)49-54)121-31-15-10-16-32-122-74-46-69-65(44-73(74)118-8)84(111)97-50-55(2)40-70(97)85(112)98(69)86(113)123-52-59-20-22-60(23-21-59)92-82(109)67(19-12-9-11-17-62(99)26-33-119-37-35-116-6)94-81(108)57(4)41-63(100)47-90-76(103)25-24-75(102)88-29-30-89-80(107)58(5)43-71(101)66(93-78(105)48-91-124(114,115)53-79(96)106)18-13-14-28-87-77(104)27-34-120-38-36-117-7/h20-23,39-40,42,44-46,57-58,61,66-67,70,85,91,112H,9-19,26-38,41,43,47-53H2,1-8H3,(H,87,104)(H,88,102)(H,89,107)(H,90,103)(H,92,109)(H,93,105)(H,94,108)/t57-,58+,61+,66-,67+,70+,85?/m1/s1. The van der Waals surface area contributed by atoms with E-state index in [1.54, 1.807) is 62.3 Å². The van der Waals surface area contributed by atoms with E-state index in [0.717, 1.165) is 16.0 Å². The summed E-state index contributed by atoms with van der Waals surface area (Å²) in [7, 11) is -0.209. The molecule has 6 heterocycles. The van der Waals surface area contributed by atoms with Crippen molar-refractivity contribution in [1.82, 2.24) is 46.4 Å². The second-order valence-corrected chi connectivity index (χ2v) is 32.8. The van der Waals surface area contributed by atoms with Crippen LogP contribution in [-0.4, -0.2) is 269 Å². The number of carbonyl (C=O) groups excluding carboxylic acids is 14. The van der Waals surface area contributed by atoms with Gasteiger partial charge in [0.2, 0.25) is 45.5 Å². The Labute approximate surface area is 721 Å². The highest BCUT2D eigenvalue weighted by Crippen LogP contribution is 2.42. The average molecular weight is 1750 g/mol. The van der Waals surface area contributed by atoms with Crippen molar-refractivity contribution < 1.29 is 119 Å². The van der Waals surface area contributed by atoms with E-state index in [0.29, 0.717) is 88.2 Å². The van der Waals surface area contributed by atoms with Crippen molar-refractivity contribution in [3.05, 3.63) is 94.1 Å². The Bertz CT molecular complexity index is 4580. The Morgan fingerprint density at radius 2 is 1.25 bits per heavy atom. The van der Waals surface area contributed by atoms with Gasteiger partial charge in [0.15, 0.2) is 29.3 Å². The fraction of sp³-hybridized carbons (Fsp3) is 0.558. The lowest BCUT2D eigenvalue weighted by molar-refractivity contribution is -0.131. The molecule has 9 N–H and O–H groups in total. The van der Waals surface area contributed by atoms with Gasteiger partial charge in [0, 0.05) is 121 Å². The molecule has 0 aromatic heterocycles. The van der Waals surface area contributed by atoms with Crippen LogP contribution in [0.15, 0.2) is 71.8 Å². The van der Waals surface area contributed by atoms with Gasteiger partial charge >= 0.3 is 6.09 Å². The molecule has 0 radical (unpaired) electrons. The first-order valence-electron chi connectivity index (χ1n) is 41.7. The summed E-state index contributed by atoms with van der Waals surface area (Å²) in [6.45, 7) is 8.47. The smallest absolute Gasteiger partial charge is 0.416 e. The van der Waals surface area contributed by atoms with Crippen molar-refractivity contribution in [3.8, 4) is 29.1 Å². The van der Waals surface area contributed by atoms with Crippen molar-refractivity contribution in [2.75, 3.05) is 147 Å². The summed E-state index contributed by atoms with van der Waals surface area (Å²) in [5.41, 5.74) is 3.04. The number of Topliss-reactive ketones (excluding diaryl/α,β-unsaturated/α-hetero) is 3. The van der Waals surface area contributed by atoms with Gasteiger partial charge in [-0.1, -0.05) is 62.1 Å². The van der Waals surface area contributed by atoms with Gasteiger partial charge in [-0.2, -0.15) is 0 Å². The van der Waals surface area contributed by atoms with E-state index in [9.17, 15) is 80.6 Å². The molecule has 0 aliphatic carbocycles. The number of aliphatic hydroxyl groups excluding tert-OH is 1. The molecule has 0 saturated heterocycles. The molecule has 3 aromatic carbocycles. The SMILES string of the molecule is COCCOCCC(=O)CCCCC[C@@H]1NC(=O)[C@H](C)CC(=O)CNC(=O)C#CC(=O)NCCNC(=O)[C@@H](C)CC(=O)[C@@H](CCCCNC(=O)CCOCCOC)NC(=O)CNS(=O)(=O)CC(=O)N2C[C@@H]3C=C(C)CN3C(=O)c3cc(C)c(cc32)OCCCCCOc2cc3c(cc2OC)C(=O)N2CC(C)=C[C@H]2C(O)N3C(=O)OCc2ccc(cc2)NC1=O. The van der Waals surface area contributed by atoms with Gasteiger partial charge in [-0.05, 0) is 108 Å². The quantitative estimate of drug-likeness (QED) is 0.0353. The molecular weight excluding hydrogens is 1630 g/mol. The zero-order chi connectivity index (χ0) is 90.0. The van der Waals surface area contributed by atoms with Crippen molar-refractivity contribution in [2.24, 2.45) is 11.8 Å². The van der Waals surface area contributed by atoms with Gasteiger partial charge in [-0.25, -0.2) is 22.8 Å². The first kappa shape index (κ1) is 98.2. The summed E-state index contributed by atoms with van der Waals surface area (Å²) < 4.78 is 75.0. The van der Waals surface area contributed by atoms with E-state index in [1.165, 1.54) is 56.1 Å². The first-order chi connectivity index (χ1) is 59.4. The van der Waals surface area contributed by atoms with Crippen LogP contribution in [-0.2, 0) is 93.1 Å². The topological polar surface area (TPSA) is 476 Å². The first-order valence-corrected chi connectivity index (χ1v) is 43.3. The lowest BCUT2D eigenvalue weighted by Gasteiger charge is -2.31. The largest absolute Gasteiger partial charge is 0.493 e. The number of sulfonamides is 1. The van der Waals surface area contributed by atoms with E-state index in [-0.39, 0.29) is 169 Å². The summed E-state index contributed by atoms with van der Waals surface area (Å²) in [6, 6.07) is 8.14. The molecule has 0 fully saturated rings. The number of fused-ring (bicyclic) bond motifs is 40. The van der Waals surface area contributed by atoms with E-state index in [2.05, 4.69) is 53.8 Å². The Morgan fingerprint density at radius 1 is 0.621 bits per heavy atom. The lowest BCUT2D eigenvalue weighted by atomic mass is 9.96. The number of benzene rings is 3. The minimum atomic E-state index is -4.65. The Balaban J connectivity index is 0.994. The number of hydrogen-bond donors (Lipinski definition) is 9. The number of nitrogens with one attached hydrogen (secondary N) is 8. The molecule has 0 saturated carbocycles. The van der Waals surface area contributed by atoms with E-state index < -0.39 is 148 Å². The van der Waals surface area contributed by atoms with Crippen LogP contribution in [0.25, 0.3) is 0 Å². The molecule has 3 aromatic rings. The zero-order valence-corrected chi connectivity index (χ0v) is 72.4. The highest BCUT2D eigenvalue weighted by molar-refractivity contribution is 7.90. The highest BCUT2D eigenvalue weighted by atomic mass is 32.2. The number of amides is 11. The molecule has 6 aliphatic rings. The number of unbranched alkanes of at least 4 members (excludes halogenated alkanes) is 3. The van der Waals surface area contributed by atoms with Crippen molar-refractivity contribution >= 4 is 110 Å². The predicted molar refractivity (Wildman–Crippen MR) is 452 cm³/mol. The number of aryl methyl sites for hydroxylation is 1. The molecule has 7 atom stereocenters. The average Bonchev–Trinajstić information content (AvgIpc) is 1.60. The number of methoxy groups -OCH3 is 3. The fourth-order valence-corrected chi connectivity index (χ4v) is 15.2. The summed E-state index contributed by atoms with van der Waals surface area (Å²) in [6.07, 6.45) is 4.10. The maximum Gasteiger partial charge on any atom is 0.416 e. The highest BCUT2D eigenvalue weighted by Gasteiger charge is 2.46. The third kappa shape index (κ3) is 30.3. The van der Waals surface area contributed by atoms with Gasteiger partial charge in [0.1, 0.15) is 29.9 Å². The lowest BCUT2D eigenvalue weighted by Crippen LogP contribution is -2.50. The number of hydrogen-bond acceptors (Lipinski definition) is 25. The summed E-state index contributed by atoms with van der Waals surface area (Å²) in [4.78, 5) is 196. The molecule has 6 aliphatic heterocycles. The maximum absolute atomic E-state index is 14.6. The second kappa shape index (κ2) is 49.3. The molecule has 676 valence electrons. The van der Waals surface area contributed by atoms with E-state index in [1.807, 2.05) is 13.0 Å². The number of carbonyl (C=O) groups is 14. The fourth-order valence-electron chi connectivity index (χ4n) is 14.3. The third-order valence-corrected chi connectivity index (χ3v) is 22.2. The molecule has 11 amide bonds. The second-order valence-electron chi connectivity index (χ2n) is 31.0. The van der Waals surface area contributed by atoms with Gasteiger partial charge < -0.3 is 94.9 Å². The summed E-state index contributed by atoms with van der Waals surface area (Å²) >= 11 is 0. The van der Waals surface area contributed by atoms with Gasteiger partial charge in [0.05, 0.1) is 120 Å².